The fourth-order valence-corrected chi connectivity index (χ4v) is 3.55. The van der Waals surface area contributed by atoms with Gasteiger partial charge in [0, 0.05) is 6.54 Å². The number of nitrogens with two attached hydrogens (primary N) is 3. The molecule has 0 saturated heterocycles. The number of nitrogens with one attached hydrogen (secondary N) is 3. The molecule has 0 aliphatic heterocycles. The van der Waals surface area contributed by atoms with Gasteiger partial charge in [0.1, 0.15) is 18.6 Å². The Balaban J connectivity index is 2.90. The summed E-state index contributed by atoms with van der Waals surface area (Å²) in [6, 6.07) is 6.36. The van der Waals surface area contributed by atoms with Crippen molar-refractivity contribution in [3.8, 4) is 0 Å². The molecule has 3 amide bonds. The molecular formula is C22H35N7O5S. The number of rotatable bonds is 16. The molecule has 12 nitrogen and oxygen atoms in total. The average Bonchev–Trinajstić information content (AvgIpc) is 2.82. The van der Waals surface area contributed by atoms with Gasteiger partial charge < -0.3 is 38.3 Å². The van der Waals surface area contributed by atoms with E-state index in [1.807, 2.05) is 36.6 Å². The highest BCUT2D eigenvalue weighted by molar-refractivity contribution is 7.98. The Bertz CT molecular complexity index is 865. The van der Waals surface area contributed by atoms with Crippen molar-refractivity contribution < 1.29 is 24.3 Å². The van der Waals surface area contributed by atoms with E-state index in [1.165, 1.54) is 11.8 Å². The maximum Gasteiger partial charge on any atom is 0.322 e. The van der Waals surface area contributed by atoms with Gasteiger partial charge in [-0.05, 0) is 43.3 Å². The average molecular weight is 510 g/mol. The number of carbonyl (C=O) groups is 4. The van der Waals surface area contributed by atoms with Crippen molar-refractivity contribution in [3.05, 3.63) is 35.9 Å². The number of aliphatic carboxylic acids is 1. The first-order valence-electron chi connectivity index (χ1n) is 11.1. The second-order valence-electron chi connectivity index (χ2n) is 7.76. The third-order valence-corrected chi connectivity index (χ3v) is 5.51. The van der Waals surface area contributed by atoms with Gasteiger partial charge in [-0.15, -0.1) is 0 Å². The van der Waals surface area contributed by atoms with Crippen LogP contribution in [0.4, 0.5) is 0 Å². The topological polar surface area (TPSA) is 215 Å². The van der Waals surface area contributed by atoms with E-state index >= 15 is 0 Å². The van der Waals surface area contributed by atoms with Gasteiger partial charge in [-0.25, -0.2) is 0 Å². The van der Waals surface area contributed by atoms with Crippen molar-refractivity contribution >= 4 is 41.4 Å². The number of guanidine groups is 1. The number of hydrogen-bond acceptors (Lipinski definition) is 7. The SMILES string of the molecule is CSCCC(NC(=O)C(CCCN=C(N)N)NC(=O)C(N)Cc1ccccc1)C(=O)NCC(=O)O. The molecule has 0 fully saturated rings. The van der Waals surface area contributed by atoms with Gasteiger partial charge in [-0.3, -0.25) is 24.2 Å². The molecule has 1 aromatic carbocycles. The van der Waals surface area contributed by atoms with Crippen LogP contribution in [0, 0.1) is 0 Å². The third kappa shape index (κ3) is 12.6. The van der Waals surface area contributed by atoms with E-state index in [4.69, 9.17) is 22.3 Å². The zero-order valence-corrected chi connectivity index (χ0v) is 20.6. The van der Waals surface area contributed by atoms with Crippen LogP contribution in [0.15, 0.2) is 35.3 Å². The molecule has 13 heteroatoms. The lowest BCUT2D eigenvalue weighted by Gasteiger charge is -2.24. The van der Waals surface area contributed by atoms with Crippen molar-refractivity contribution in [3.63, 3.8) is 0 Å². The second-order valence-corrected chi connectivity index (χ2v) is 8.75. The lowest BCUT2D eigenvalue weighted by Crippen LogP contribution is -2.56. The van der Waals surface area contributed by atoms with E-state index in [0.29, 0.717) is 12.2 Å². The lowest BCUT2D eigenvalue weighted by atomic mass is 10.0. The van der Waals surface area contributed by atoms with Gasteiger partial charge in [0.25, 0.3) is 0 Å². The fourth-order valence-electron chi connectivity index (χ4n) is 3.07. The Morgan fingerprint density at radius 1 is 1.00 bits per heavy atom. The highest BCUT2D eigenvalue weighted by Crippen LogP contribution is 2.06. The summed E-state index contributed by atoms with van der Waals surface area (Å²) in [5.74, 6) is -2.48. The van der Waals surface area contributed by atoms with Crippen LogP contribution in [0.3, 0.4) is 0 Å². The van der Waals surface area contributed by atoms with Crippen molar-refractivity contribution in [1.29, 1.82) is 0 Å². The molecule has 3 unspecified atom stereocenters. The molecule has 1 aromatic rings. The smallest absolute Gasteiger partial charge is 0.322 e. The molecule has 194 valence electrons. The number of carboxylic acid groups (broad SMARTS) is 1. The Labute approximate surface area is 208 Å². The van der Waals surface area contributed by atoms with E-state index in [0.717, 1.165) is 5.56 Å². The van der Waals surface area contributed by atoms with Crippen LogP contribution in [0.5, 0.6) is 0 Å². The van der Waals surface area contributed by atoms with Gasteiger partial charge in [0.2, 0.25) is 17.7 Å². The van der Waals surface area contributed by atoms with Gasteiger partial charge >= 0.3 is 5.97 Å². The highest BCUT2D eigenvalue weighted by atomic mass is 32.2. The first kappa shape index (κ1) is 29.7. The summed E-state index contributed by atoms with van der Waals surface area (Å²) in [4.78, 5) is 52.9. The minimum Gasteiger partial charge on any atom is -0.480 e. The van der Waals surface area contributed by atoms with Crippen LogP contribution in [0.1, 0.15) is 24.8 Å². The summed E-state index contributed by atoms with van der Waals surface area (Å²) < 4.78 is 0. The number of amides is 3. The number of benzene rings is 1. The van der Waals surface area contributed by atoms with Crippen LogP contribution in [0.25, 0.3) is 0 Å². The summed E-state index contributed by atoms with van der Waals surface area (Å²) in [6.45, 7) is -0.329. The second kappa shape index (κ2) is 16.3. The first-order valence-corrected chi connectivity index (χ1v) is 12.5. The predicted molar refractivity (Wildman–Crippen MR) is 136 cm³/mol. The van der Waals surface area contributed by atoms with E-state index in [2.05, 4.69) is 20.9 Å². The summed E-state index contributed by atoms with van der Waals surface area (Å²) in [6.07, 6.45) is 2.97. The Morgan fingerprint density at radius 3 is 2.23 bits per heavy atom. The molecule has 0 bridgehead atoms. The van der Waals surface area contributed by atoms with Crippen LogP contribution in [0.2, 0.25) is 0 Å². The Kier molecular flexibility index (Phi) is 13.9. The van der Waals surface area contributed by atoms with Gasteiger partial charge in [-0.1, -0.05) is 30.3 Å². The normalized spacial score (nSPS) is 13.1. The summed E-state index contributed by atoms with van der Waals surface area (Å²) in [5, 5.41) is 16.4. The quantitative estimate of drug-likeness (QED) is 0.0785. The van der Waals surface area contributed by atoms with E-state index in [9.17, 15) is 19.2 Å². The molecule has 10 N–H and O–H groups in total. The molecule has 3 atom stereocenters. The lowest BCUT2D eigenvalue weighted by molar-refractivity contribution is -0.138. The van der Waals surface area contributed by atoms with Crippen LogP contribution < -0.4 is 33.2 Å². The molecule has 0 aliphatic rings. The van der Waals surface area contributed by atoms with Gasteiger partial charge in [0.05, 0.1) is 6.04 Å². The first-order chi connectivity index (χ1) is 16.6. The van der Waals surface area contributed by atoms with Crippen LogP contribution in [-0.2, 0) is 25.6 Å². The van der Waals surface area contributed by atoms with Crippen molar-refractivity contribution in [2.24, 2.45) is 22.2 Å². The number of carboxylic acids is 1. The van der Waals surface area contributed by atoms with Crippen molar-refractivity contribution in [2.75, 3.05) is 25.1 Å². The van der Waals surface area contributed by atoms with Gasteiger partial charge in [-0.2, -0.15) is 11.8 Å². The molecule has 0 spiro atoms. The molecule has 0 saturated carbocycles. The maximum atomic E-state index is 13.0. The van der Waals surface area contributed by atoms with Crippen LogP contribution in [-0.4, -0.2) is 78.0 Å². The van der Waals surface area contributed by atoms with Gasteiger partial charge in [0.15, 0.2) is 5.96 Å². The summed E-state index contributed by atoms with van der Waals surface area (Å²) in [5.41, 5.74) is 17.6. The minimum atomic E-state index is -1.20. The maximum absolute atomic E-state index is 13.0. The molecule has 0 heterocycles. The molecular weight excluding hydrogens is 474 g/mol. The molecule has 35 heavy (non-hydrogen) atoms. The number of thioether (sulfide) groups is 1. The zero-order chi connectivity index (χ0) is 26.2. The largest absolute Gasteiger partial charge is 0.480 e. The van der Waals surface area contributed by atoms with E-state index in [1.54, 1.807) is 0 Å². The predicted octanol–water partition coefficient (Wildman–Crippen LogP) is -1.47. The zero-order valence-electron chi connectivity index (χ0n) is 19.7. The highest BCUT2D eigenvalue weighted by Gasteiger charge is 2.28. The van der Waals surface area contributed by atoms with Crippen LogP contribution >= 0.6 is 11.8 Å². The standard InChI is InChI=1S/C22H35N7O5S/c1-35-11-9-17(20(33)27-13-18(30)31)29-21(34)16(8-5-10-26-22(24)25)28-19(32)15(23)12-14-6-3-2-4-7-14/h2-4,6-7,15-17H,5,8-13,23H2,1H3,(H,27,33)(H,28,32)(H,29,34)(H,30,31)(H4,24,25,26). The molecule has 1 rings (SSSR count). The molecule has 0 radical (unpaired) electrons. The summed E-state index contributed by atoms with van der Waals surface area (Å²) in [7, 11) is 0. The third-order valence-electron chi connectivity index (χ3n) is 4.87. The van der Waals surface area contributed by atoms with E-state index in [-0.39, 0.29) is 31.8 Å². The fraction of sp³-hybridized carbons (Fsp3) is 0.500. The number of aliphatic imine (C=N–C) groups is 1. The van der Waals surface area contributed by atoms with Crippen molar-refractivity contribution in [1.82, 2.24) is 16.0 Å². The minimum absolute atomic E-state index is 0.0906. The Morgan fingerprint density at radius 2 is 1.63 bits per heavy atom. The van der Waals surface area contributed by atoms with Crippen molar-refractivity contribution in [2.45, 2.75) is 43.8 Å². The Hall–Kier alpha value is -3.32. The molecule has 0 aromatic heterocycles. The molecule has 0 aliphatic carbocycles. The number of hydrogen-bond donors (Lipinski definition) is 7. The van der Waals surface area contributed by atoms with E-state index < -0.39 is 48.4 Å². The monoisotopic (exact) mass is 509 g/mol. The number of nitrogens with zero attached hydrogens (tertiary/aromatic N) is 1. The summed E-state index contributed by atoms with van der Waals surface area (Å²) >= 11 is 1.47. The number of carbonyl (C=O) groups excluding carboxylic acids is 3.